The first-order valence-electron chi connectivity index (χ1n) is 11.3. The molecule has 0 fully saturated rings. The predicted octanol–water partition coefficient (Wildman–Crippen LogP) is 7.57. The Bertz CT molecular complexity index is 1480. The van der Waals surface area contributed by atoms with Gasteiger partial charge in [0.15, 0.2) is 0 Å². The summed E-state index contributed by atoms with van der Waals surface area (Å²) >= 11 is 1.86. The summed E-state index contributed by atoms with van der Waals surface area (Å²) in [6.45, 7) is 9.08. The van der Waals surface area contributed by atoms with Crippen molar-refractivity contribution < 1.29 is 4.57 Å². The van der Waals surface area contributed by atoms with Crippen LogP contribution in [-0.2, 0) is 0 Å². The summed E-state index contributed by atoms with van der Waals surface area (Å²) in [4.78, 5) is 2.56. The fraction of sp³-hybridized carbons (Fsp3) is 0.207. The van der Waals surface area contributed by atoms with Gasteiger partial charge in [-0.2, -0.15) is 0 Å². The molecular weight excluding hydrogens is 408 g/mol. The summed E-state index contributed by atoms with van der Waals surface area (Å²) in [5.74, 6) is 0.964. The Morgan fingerprint density at radius 2 is 1.44 bits per heavy atom. The summed E-state index contributed by atoms with van der Waals surface area (Å²) in [5.41, 5.74) is 7.58. The van der Waals surface area contributed by atoms with E-state index >= 15 is 0 Å². The second-order valence-electron chi connectivity index (χ2n) is 9.33. The van der Waals surface area contributed by atoms with Gasteiger partial charge in [0.1, 0.15) is 0 Å². The molecule has 0 radical (unpaired) electrons. The van der Waals surface area contributed by atoms with E-state index in [4.69, 9.17) is 0 Å². The minimum Gasteiger partial charge on any atom is -0.292 e. The van der Waals surface area contributed by atoms with Crippen molar-refractivity contribution in [1.82, 2.24) is 4.57 Å². The second-order valence-corrected chi connectivity index (χ2v) is 10.4. The SMILES string of the molecule is CC(C)c1cc(C(C)C)cc(-n2[c-][n+]3c4c(cccc42)Sc2cc4ccccc4cc2-3)c1. The molecule has 0 saturated heterocycles. The molecule has 0 saturated carbocycles. The Morgan fingerprint density at radius 3 is 2.12 bits per heavy atom. The van der Waals surface area contributed by atoms with Gasteiger partial charge >= 0.3 is 0 Å². The summed E-state index contributed by atoms with van der Waals surface area (Å²) in [7, 11) is 0. The van der Waals surface area contributed by atoms with Gasteiger partial charge in [-0.3, -0.25) is 9.13 Å². The summed E-state index contributed by atoms with van der Waals surface area (Å²) < 4.78 is 4.52. The number of fused-ring (bicyclic) bond motifs is 3. The fourth-order valence-electron chi connectivity index (χ4n) is 4.61. The van der Waals surface area contributed by atoms with Crippen molar-refractivity contribution in [2.75, 3.05) is 0 Å². The molecule has 1 aliphatic heterocycles. The lowest BCUT2D eigenvalue weighted by Gasteiger charge is -2.19. The van der Waals surface area contributed by atoms with E-state index in [2.05, 4.69) is 116 Å². The van der Waals surface area contributed by atoms with Crippen molar-refractivity contribution in [3.8, 4) is 11.4 Å². The van der Waals surface area contributed by atoms with Crippen LogP contribution in [0, 0.1) is 6.33 Å². The van der Waals surface area contributed by atoms with Gasteiger partial charge < -0.3 is 0 Å². The smallest absolute Gasteiger partial charge is 0.269 e. The van der Waals surface area contributed by atoms with Crippen LogP contribution >= 0.6 is 11.8 Å². The third-order valence-corrected chi connectivity index (χ3v) is 7.58. The lowest BCUT2D eigenvalue weighted by Crippen LogP contribution is -2.32. The molecule has 0 atom stereocenters. The van der Waals surface area contributed by atoms with Crippen LogP contribution in [0.5, 0.6) is 0 Å². The zero-order valence-electron chi connectivity index (χ0n) is 18.9. The molecule has 2 heterocycles. The molecule has 6 rings (SSSR count). The van der Waals surface area contributed by atoms with E-state index in [1.165, 1.54) is 54.1 Å². The van der Waals surface area contributed by atoms with Gasteiger partial charge in [-0.05, 0) is 58.0 Å². The molecule has 2 nitrogen and oxygen atoms in total. The molecule has 4 aromatic carbocycles. The Hall–Kier alpha value is -3.04. The van der Waals surface area contributed by atoms with E-state index in [1.54, 1.807) is 0 Å². The molecule has 1 aromatic heterocycles. The Morgan fingerprint density at radius 1 is 0.750 bits per heavy atom. The van der Waals surface area contributed by atoms with Crippen molar-refractivity contribution >= 4 is 33.6 Å². The van der Waals surface area contributed by atoms with Crippen molar-refractivity contribution in [3.63, 3.8) is 0 Å². The minimum absolute atomic E-state index is 0.482. The van der Waals surface area contributed by atoms with Gasteiger partial charge in [0.05, 0.1) is 22.4 Å². The Labute approximate surface area is 193 Å². The lowest BCUT2D eigenvalue weighted by molar-refractivity contribution is -0.576. The van der Waals surface area contributed by atoms with E-state index in [1.807, 2.05) is 11.8 Å². The average molecular weight is 435 g/mol. The van der Waals surface area contributed by atoms with Gasteiger partial charge in [-0.15, -0.1) is 0 Å². The summed E-state index contributed by atoms with van der Waals surface area (Å²) in [6.07, 6.45) is 3.72. The van der Waals surface area contributed by atoms with Gasteiger partial charge in [0.2, 0.25) is 0 Å². The van der Waals surface area contributed by atoms with Crippen LogP contribution in [0.4, 0.5) is 0 Å². The highest BCUT2D eigenvalue weighted by Gasteiger charge is 2.23. The van der Waals surface area contributed by atoms with Crippen LogP contribution in [0.15, 0.2) is 82.6 Å². The van der Waals surface area contributed by atoms with Crippen LogP contribution in [0.3, 0.4) is 0 Å². The second kappa shape index (κ2) is 7.25. The lowest BCUT2D eigenvalue weighted by atomic mass is 9.95. The van der Waals surface area contributed by atoms with Gasteiger partial charge in [-0.25, -0.2) is 0 Å². The molecule has 3 heteroatoms. The number of hydrogen-bond acceptors (Lipinski definition) is 1. The molecular formula is C29H26N2S. The fourth-order valence-corrected chi connectivity index (χ4v) is 5.73. The standard InChI is InChI=1S/C29H26N2S/c1-18(2)22-12-23(19(3)4)14-24(13-22)30-17-31-26-15-20-8-5-6-9-21(20)16-28(26)32-27-11-7-10-25(30)29(27)31/h5-16,18-19H,1-4H3. The maximum Gasteiger partial charge on any atom is 0.269 e. The molecule has 5 aromatic rings. The van der Waals surface area contributed by atoms with Crippen LogP contribution < -0.4 is 4.57 Å². The normalized spacial score (nSPS) is 12.8. The van der Waals surface area contributed by atoms with Gasteiger partial charge in [0, 0.05) is 9.79 Å². The molecule has 1 aliphatic rings. The molecule has 0 aliphatic carbocycles. The zero-order valence-corrected chi connectivity index (χ0v) is 19.7. The molecule has 0 bridgehead atoms. The summed E-state index contributed by atoms with van der Waals surface area (Å²) in [6, 6.07) is 26.8. The molecule has 32 heavy (non-hydrogen) atoms. The number of hydrogen-bond donors (Lipinski definition) is 0. The topological polar surface area (TPSA) is 8.81 Å². The molecule has 0 amide bonds. The molecule has 158 valence electrons. The maximum atomic E-state index is 3.72. The predicted molar refractivity (Wildman–Crippen MR) is 133 cm³/mol. The van der Waals surface area contributed by atoms with Crippen LogP contribution in [-0.4, -0.2) is 4.57 Å². The minimum atomic E-state index is 0.482. The van der Waals surface area contributed by atoms with E-state index in [-0.39, 0.29) is 0 Å². The third kappa shape index (κ3) is 2.99. The number of rotatable bonds is 3. The van der Waals surface area contributed by atoms with Crippen molar-refractivity contribution in [2.24, 2.45) is 0 Å². The van der Waals surface area contributed by atoms with Crippen LogP contribution in [0.25, 0.3) is 33.2 Å². The number of para-hydroxylation sites is 1. The van der Waals surface area contributed by atoms with Gasteiger partial charge in [0.25, 0.3) is 6.33 Å². The van der Waals surface area contributed by atoms with Crippen molar-refractivity contribution in [1.29, 1.82) is 0 Å². The Kier molecular flexibility index (Phi) is 4.44. The van der Waals surface area contributed by atoms with Crippen LogP contribution in [0.1, 0.15) is 50.7 Å². The first-order valence-corrected chi connectivity index (χ1v) is 12.2. The highest BCUT2D eigenvalue weighted by atomic mass is 32.2. The number of imidazole rings is 1. The quantitative estimate of drug-likeness (QED) is 0.206. The number of nitrogens with zero attached hydrogens (tertiary/aromatic N) is 2. The van der Waals surface area contributed by atoms with E-state index in [0.717, 1.165) is 0 Å². The average Bonchev–Trinajstić information content (AvgIpc) is 3.19. The van der Waals surface area contributed by atoms with Crippen LogP contribution in [0.2, 0.25) is 0 Å². The molecule has 0 spiro atoms. The van der Waals surface area contributed by atoms with Crippen molar-refractivity contribution in [3.05, 3.63) is 90.3 Å². The first-order chi connectivity index (χ1) is 15.5. The van der Waals surface area contributed by atoms with Crippen molar-refractivity contribution in [2.45, 2.75) is 49.3 Å². The number of benzene rings is 4. The zero-order chi connectivity index (χ0) is 22.0. The monoisotopic (exact) mass is 434 g/mol. The largest absolute Gasteiger partial charge is 0.292 e. The molecule has 0 unspecified atom stereocenters. The Balaban J connectivity index is 1.64. The van der Waals surface area contributed by atoms with E-state index in [9.17, 15) is 0 Å². The molecule has 0 N–H and O–H groups in total. The number of aromatic nitrogens is 2. The van der Waals surface area contributed by atoms with Gasteiger partial charge in [-0.1, -0.05) is 88.0 Å². The summed E-state index contributed by atoms with van der Waals surface area (Å²) in [5, 5.41) is 2.54. The van der Waals surface area contributed by atoms with E-state index < -0.39 is 0 Å². The first kappa shape index (κ1) is 19.6. The van der Waals surface area contributed by atoms with E-state index in [0.29, 0.717) is 11.8 Å². The highest BCUT2D eigenvalue weighted by Crippen LogP contribution is 2.41. The maximum absolute atomic E-state index is 3.72. The highest BCUT2D eigenvalue weighted by molar-refractivity contribution is 7.99. The third-order valence-electron chi connectivity index (χ3n) is 6.48.